The Morgan fingerprint density at radius 2 is 2.42 bits per heavy atom. The average molecular weight is 182 g/mol. The molecule has 12 heavy (non-hydrogen) atoms. The molecule has 1 aromatic rings. The van der Waals surface area contributed by atoms with Crippen molar-refractivity contribution in [3.8, 4) is 0 Å². The molecule has 1 saturated carbocycles. The highest BCUT2D eigenvalue weighted by Gasteiger charge is 2.26. The van der Waals surface area contributed by atoms with Gasteiger partial charge in [-0.3, -0.25) is 0 Å². The van der Waals surface area contributed by atoms with E-state index in [1.165, 1.54) is 19.3 Å². The minimum absolute atomic E-state index is 0.198. The Hall–Kier alpha value is -0.410. The van der Waals surface area contributed by atoms with Gasteiger partial charge < -0.3 is 5.73 Å². The number of hydrogen-bond donors (Lipinski definition) is 1. The molecular weight excluding hydrogens is 168 g/mol. The fraction of sp³-hybridized carbons (Fsp3) is 0.667. The highest BCUT2D eigenvalue weighted by Crippen LogP contribution is 2.36. The number of thiazole rings is 1. The quantitative estimate of drug-likeness (QED) is 0.762. The van der Waals surface area contributed by atoms with Crippen molar-refractivity contribution >= 4 is 11.3 Å². The van der Waals surface area contributed by atoms with Crippen molar-refractivity contribution in [2.75, 3.05) is 0 Å². The van der Waals surface area contributed by atoms with Gasteiger partial charge in [-0.05, 0) is 25.7 Å². The zero-order valence-electron chi connectivity index (χ0n) is 7.29. The van der Waals surface area contributed by atoms with Gasteiger partial charge in [0, 0.05) is 5.38 Å². The van der Waals surface area contributed by atoms with Crippen molar-refractivity contribution in [2.45, 2.75) is 32.2 Å². The maximum absolute atomic E-state index is 6.06. The van der Waals surface area contributed by atoms with E-state index in [2.05, 4.69) is 10.4 Å². The van der Waals surface area contributed by atoms with Crippen LogP contribution in [0.4, 0.5) is 0 Å². The molecule has 1 heterocycles. The van der Waals surface area contributed by atoms with E-state index in [0.29, 0.717) is 5.92 Å². The third-order valence-corrected chi connectivity index (χ3v) is 3.43. The van der Waals surface area contributed by atoms with Crippen LogP contribution >= 0.6 is 11.3 Å². The molecule has 0 spiro atoms. The summed E-state index contributed by atoms with van der Waals surface area (Å²) in [5, 5.41) is 3.22. The fourth-order valence-electron chi connectivity index (χ4n) is 1.57. The maximum atomic E-state index is 6.06. The minimum Gasteiger partial charge on any atom is -0.322 e. The monoisotopic (exact) mass is 182 g/mol. The summed E-state index contributed by atoms with van der Waals surface area (Å²) in [6.07, 6.45) is 3.93. The van der Waals surface area contributed by atoms with Crippen LogP contribution in [0.25, 0.3) is 0 Å². The summed E-state index contributed by atoms with van der Waals surface area (Å²) in [7, 11) is 0. The number of nitrogens with two attached hydrogens (primary N) is 1. The molecule has 1 aliphatic carbocycles. The molecule has 0 aromatic carbocycles. The Morgan fingerprint density at radius 1 is 1.67 bits per heavy atom. The minimum atomic E-state index is 0.198. The van der Waals surface area contributed by atoms with Gasteiger partial charge in [-0.2, -0.15) is 0 Å². The van der Waals surface area contributed by atoms with E-state index < -0.39 is 0 Å². The number of aryl methyl sites for hydroxylation is 1. The van der Waals surface area contributed by atoms with E-state index in [9.17, 15) is 0 Å². The normalized spacial score (nSPS) is 20.5. The van der Waals surface area contributed by atoms with Gasteiger partial charge in [0.1, 0.15) is 0 Å². The highest BCUT2D eigenvalue weighted by atomic mass is 32.1. The topological polar surface area (TPSA) is 38.9 Å². The van der Waals surface area contributed by atoms with Crippen LogP contribution in [0.15, 0.2) is 5.38 Å². The first kappa shape index (κ1) is 8.20. The smallest absolute Gasteiger partial charge is 0.0898 e. The summed E-state index contributed by atoms with van der Waals surface area (Å²) in [6.45, 7) is 2.03. The second-order valence-corrected chi connectivity index (χ2v) is 4.57. The molecule has 1 fully saturated rings. The van der Waals surface area contributed by atoms with Gasteiger partial charge in [0.2, 0.25) is 0 Å². The van der Waals surface area contributed by atoms with Crippen LogP contribution in [0.1, 0.15) is 36.0 Å². The lowest BCUT2D eigenvalue weighted by Crippen LogP contribution is -2.27. The Bertz CT molecular complexity index is 265. The van der Waals surface area contributed by atoms with Crippen molar-refractivity contribution < 1.29 is 0 Å². The third-order valence-electron chi connectivity index (χ3n) is 2.64. The first-order chi connectivity index (χ1) is 5.77. The van der Waals surface area contributed by atoms with E-state index >= 15 is 0 Å². The molecule has 1 unspecified atom stereocenters. The second kappa shape index (κ2) is 3.15. The maximum Gasteiger partial charge on any atom is 0.0898 e. The number of nitrogens with zero attached hydrogens (tertiary/aromatic N) is 1. The molecular formula is C9H14N2S. The highest BCUT2D eigenvalue weighted by molar-refractivity contribution is 7.09. The van der Waals surface area contributed by atoms with Crippen molar-refractivity contribution in [1.29, 1.82) is 0 Å². The van der Waals surface area contributed by atoms with Gasteiger partial charge >= 0.3 is 0 Å². The molecule has 2 N–H and O–H groups in total. The molecule has 66 valence electrons. The summed E-state index contributed by atoms with van der Waals surface area (Å²) < 4.78 is 0. The van der Waals surface area contributed by atoms with Crippen LogP contribution in [0.2, 0.25) is 0 Å². The molecule has 0 amide bonds. The first-order valence-corrected chi connectivity index (χ1v) is 5.33. The molecule has 1 aliphatic rings. The lowest BCUT2D eigenvalue weighted by atomic mass is 9.79. The van der Waals surface area contributed by atoms with Crippen LogP contribution < -0.4 is 5.73 Å². The van der Waals surface area contributed by atoms with Gasteiger partial charge in [0.15, 0.2) is 0 Å². The van der Waals surface area contributed by atoms with Gasteiger partial charge in [0.05, 0.1) is 16.7 Å². The van der Waals surface area contributed by atoms with Crippen molar-refractivity contribution in [2.24, 2.45) is 11.7 Å². The molecule has 2 rings (SSSR count). The van der Waals surface area contributed by atoms with Crippen LogP contribution in [-0.2, 0) is 0 Å². The van der Waals surface area contributed by atoms with Crippen molar-refractivity contribution in [1.82, 2.24) is 4.98 Å². The van der Waals surface area contributed by atoms with Crippen LogP contribution in [-0.4, -0.2) is 4.98 Å². The Labute approximate surface area is 76.8 Å². The Balaban J connectivity index is 2.08. The number of aromatic nitrogens is 1. The van der Waals surface area contributed by atoms with E-state index in [1.54, 1.807) is 11.3 Å². The zero-order valence-corrected chi connectivity index (χ0v) is 8.10. The molecule has 0 radical (unpaired) electrons. The summed E-state index contributed by atoms with van der Waals surface area (Å²) in [5.74, 6) is 0.700. The SMILES string of the molecule is Cc1nc(C(N)C2CCC2)cs1. The van der Waals surface area contributed by atoms with Crippen LogP contribution in [0.5, 0.6) is 0 Å². The standard InChI is InChI=1S/C9H14N2S/c1-6-11-8(5-12-6)9(10)7-3-2-4-7/h5,7,9H,2-4,10H2,1H3. The molecule has 3 heteroatoms. The summed E-state index contributed by atoms with van der Waals surface area (Å²) >= 11 is 1.69. The van der Waals surface area contributed by atoms with Crippen molar-refractivity contribution in [3.05, 3.63) is 16.1 Å². The molecule has 0 saturated heterocycles. The molecule has 1 atom stereocenters. The molecule has 0 bridgehead atoms. The van der Waals surface area contributed by atoms with E-state index in [1.807, 2.05) is 6.92 Å². The predicted molar refractivity (Wildman–Crippen MR) is 51.1 cm³/mol. The van der Waals surface area contributed by atoms with Crippen molar-refractivity contribution in [3.63, 3.8) is 0 Å². The fourth-order valence-corrected chi connectivity index (χ4v) is 2.23. The van der Waals surface area contributed by atoms with Gasteiger partial charge in [-0.15, -0.1) is 11.3 Å². The molecule has 1 aromatic heterocycles. The number of hydrogen-bond acceptors (Lipinski definition) is 3. The van der Waals surface area contributed by atoms with Crippen LogP contribution in [0, 0.1) is 12.8 Å². The zero-order chi connectivity index (χ0) is 8.55. The van der Waals surface area contributed by atoms with Gasteiger partial charge in [0.25, 0.3) is 0 Å². The Kier molecular flexibility index (Phi) is 2.15. The van der Waals surface area contributed by atoms with E-state index in [-0.39, 0.29) is 6.04 Å². The second-order valence-electron chi connectivity index (χ2n) is 3.51. The lowest BCUT2D eigenvalue weighted by molar-refractivity contribution is 0.261. The largest absolute Gasteiger partial charge is 0.322 e. The summed E-state index contributed by atoms with van der Waals surface area (Å²) in [6, 6.07) is 0.198. The van der Waals surface area contributed by atoms with Gasteiger partial charge in [-0.25, -0.2) is 4.98 Å². The number of rotatable bonds is 2. The molecule has 2 nitrogen and oxygen atoms in total. The third kappa shape index (κ3) is 1.39. The van der Waals surface area contributed by atoms with Gasteiger partial charge in [-0.1, -0.05) is 6.42 Å². The predicted octanol–water partition coefficient (Wildman–Crippen LogP) is 2.25. The van der Waals surface area contributed by atoms with E-state index in [0.717, 1.165) is 10.7 Å². The summed E-state index contributed by atoms with van der Waals surface area (Å²) in [4.78, 5) is 4.41. The average Bonchev–Trinajstić information content (AvgIpc) is 2.31. The Morgan fingerprint density at radius 3 is 2.83 bits per heavy atom. The molecule has 0 aliphatic heterocycles. The van der Waals surface area contributed by atoms with E-state index in [4.69, 9.17) is 5.73 Å². The first-order valence-electron chi connectivity index (χ1n) is 4.45. The van der Waals surface area contributed by atoms with Crippen LogP contribution in [0.3, 0.4) is 0 Å². The lowest BCUT2D eigenvalue weighted by Gasteiger charge is -2.30. The summed E-state index contributed by atoms with van der Waals surface area (Å²) in [5.41, 5.74) is 7.16.